The summed E-state index contributed by atoms with van der Waals surface area (Å²) in [4.78, 5) is 34.1. The molecule has 15 atom stereocenters. The van der Waals surface area contributed by atoms with E-state index in [0.29, 0.717) is 0 Å². The molecular weight excluding hydrogens is 589 g/mol. The first kappa shape index (κ1) is 40.9. The summed E-state index contributed by atoms with van der Waals surface area (Å²) in [5.41, 5.74) is 0. The van der Waals surface area contributed by atoms with E-state index in [2.05, 4.69) is 4.74 Å². The molecule has 3 rings (SSSR count). The third kappa shape index (κ3) is 8.53. The summed E-state index contributed by atoms with van der Waals surface area (Å²) < 4.78 is 24.4. The number of aliphatic hydroxyl groups is 8. The summed E-state index contributed by atoms with van der Waals surface area (Å²) in [5, 5.41) is 114. The standard InChI is InChI=1S/C18H26O19.3Na/c19-1-2(20)10(13(26)27)36-17(6(1)24)35-9-4(22)7(25)18(37-12(9)15(30)31)34-8-3(21)5(23)16(32)33-11(8)14(28)29;;;/h1-12,16-25,32H,(H,26,27)(H,28,29)(H,30,31);;;/q;3*+1/p-3/t1-,2-,3+,4?,5?,6?,7-,8-,9+,10?,11?,12?,16-,17-,18+;;;/m1.../s1. The van der Waals surface area contributed by atoms with Crippen molar-refractivity contribution >= 4 is 17.9 Å². The van der Waals surface area contributed by atoms with Crippen molar-refractivity contribution in [3.63, 3.8) is 0 Å². The maximum Gasteiger partial charge on any atom is 1.00 e. The summed E-state index contributed by atoms with van der Waals surface area (Å²) in [7, 11) is 0. The molecule has 6 unspecified atom stereocenters. The van der Waals surface area contributed by atoms with Crippen LogP contribution >= 0.6 is 0 Å². The quantitative estimate of drug-likeness (QED) is 0.124. The molecule has 3 saturated heterocycles. The Hall–Kier alpha value is 0.890. The van der Waals surface area contributed by atoms with Gasteiger partial charge >= 0.3 is 88.7 Å². The molecule has 40 heavy (non-hydrogen) atoms. The van der Waals surface area contributed by atoms with Crippen LogP contribution in [0, 0.1) is 0 Å². The molecule has 22 heteroatoms. The number of ether oxygens (including phenoxy) is 5. The number of carbonyl (C=O) groups is 3. The summed E-state index contributed by atoms with van der Waals surface area (Å²) >= 11 is 0. The van der Waals surface area contributed by atoms with Gasteiger partial charge in [-0.3, -0.25) is 0 Å². The molecule has 3 fully saturated rings. The van der Waals surface area contributed by atoms with E-state index in [0.717, 1.165) is 0 Å². The summed E-state index contributed by atoms with van der Waals surface area (Å²) in [6.07, 6.45) is -33.7. The Labute approximate surface area is 290 Å². The van der Waals surface area contributed by atoms with Gasteiger partial charge in [-0.05, 0) is 0 Å². The van der Waals surface area contributed by atoms with Crippen LogP contribution in [0.3, 0.4) is 0 Å². The van der Waals surface area contributed by atoms with Crippen molar-refractivity contribution in [3.8, 4) is 0 Å². The Morgan fingerprint density at radius 3 is 1.25 bits per heavy atom. The van der Waals surface area contributed by atoms with Gasteiger partial charge in [-0.2, -0.15) is 0 Å². The van der Waals surface area contributed by atoms with Crippen molar-refractivity contribution in [2.24, 2.45) is 0 Å². The van der Waals surface area contributed by atoms with E-state index in [4.69, 9.17) is 18.9 Å². The summed E-state index contributed by atoms with van der Waals surface area (Å²) in [5.74, 6) is -6.27. The molecule has 0 saturated carbocycles. The minimum absolute atomic E-state index is 0. The Kier molecular flexibility index (Phi) is 17.2. The fourth-order valence-corrected chi connectivity index (χ4v) is 3.95. The number of rotatable bonds is 7. The second-order valence-electron chi connectivity index (χ2n) is 8.39. The van der Waals surface area contributed by atoms with Crippen LogP contribution in [0.4, 0.5) is 0 Å². The SMILES string of the molecule is O=C([O-])C1O[C@H](O[C@H]2C(C(=O)[O-])O[C@@H](O)C(O)[C@@H]2O)[C@H](O)C(O)[C@@H]1O[C@@H]1OC(C(=O)[O-])[C@H](O)[C@@H](O)C1O.[Na+].[Na+].[Na+]. The van der Waals surface area contributed by atoms with Gasteiger partial charge in [0, 0.05) is 0 Å². The molecule has 0 aliphatic carbocycles. The Morgan fingerprint density at radius 2 is 0.825 bits per heavy atom. The zero-order chi connectivity index (χ0) is 27.9. The van der Waals surface area contributed by atoms with Crippen molar-refractivity contribution in [2.75, 3.05) is 0 Å². The third-order valence-corrected chi connectivity index (χ3v) is 5.96. The maximum absolute atomic E-state index is 11.7. The van der Waals surface area contributed by atoms with E-state index in [-0.39, 0.29) is 88.7 Å². The van der Waals surface area contributed by atoms with Crippen LogP contribution in [0.2, 0.25) is 0 Å². The van der Waals surface area contributed by atoms with Gasteiger partial charge in [0.05, 0.1) is 17.9 Å². The Bertz CT molecular complexity index is 868. The second kappa shape index (κ2) is 16.8. The normalized spacial score (nSPS) is 45.1. The molecule has 0 aromatic rings. The third-order valence-electron chi connectivity index (χ3n) is 5.96. The zero-order valence-corrected chi connectivity index (χ0v) is 27.2. The number of hydrogen-bond donors (Lipinski definition) is 8. The maximum atomic E-state index is 11.7. The number of hydrogen-bond acceptors (Lipinski definition) is 19. The molecule has 0 bridgehead atoms. The molecule has 0 aromatic carbocycles. The van der Waals surface area contributed by atoms with Gasteiger partial charge < -0.3 is 94.2 Å². The largest absolute Gasteiger partial charge is 1.00 e. The minimum atomic E-state index is -2.43. The van der Waals surface area contributed by atoms with Gasteiger partial charge in [0.2, 0.25) is 0 Å². The first-order valence-electron chi connectivity index (χ1n) is 10.5. The van der Waals surface area contributed by atoms with Gasteiger partial charge in [0.15, 0.2) is 18.9 Å². The number of carboxylic acid groups (broad SMARTS) is 3. The molecule has 3 heterocycles. The van der Waals surface area contributed by atoms with Crippen LogP contribution in [0.1, 0.15) is 0 Å². The van der Waals surface area contributed by atoms with Gasteiger partial charge in [-0.1, -0.05) is 0 Å². The molecule has 212 valence electrons. The van der Waals surface area contributed by atoms with Crippen LogP contribution in [0.25, 0.3) is 0 Å². The molecule has 8 N–H and O–H groups in total. The van der Waals surface area contributed by atoms with E-state index in [1.54, 1.807) is 0 Å². The molecule has 19 nitrogen and oxygen atoms in total. The second-order valence-corrected chi connectivity index (χ2v) is 8.39. The van der Waals surface area contributed by atoms with E-state index < -0.39 is 110 Å². The first-order valence-corrected chi connectivity index (χ1v) is 10.5. The number of carbonyl (C=O) groups excluding carboxylic acids is 3. The molecular formula is C18H23Na3O19. The fraction of sp³-hybridized carbons (Fsp3) is 0.833. The molecule has 3 aliphatic rings. The van der Waals surface area contributed by atoms with Crippen LogP contribution in [0.5, 0.6) is 0 Å². The predicted molar refractivity (Wildman–Crippen MR) is 95.0 cm³/mol. The van der Waals surface area contributed by atoms with Crippen LogP contribution in [-0.4, -0.2) is 151 Å². The van der Waals surface area contributed by atoms with E-state index >= 15 is 0 Å². The van der Waals surface area contributed by atoms with E-state index in [1.807, 2.05) is 0 Å². The Balaban J connectivity index is 0.00000507. The van der Waals surface area contributed by atoms with Crippen molar-refractivity contribution in [3.05, 3.63) is 0 Å². The fourth-order valence-electron chi connectivity index (χ4n) is 3.95. The minimum Gasteiger partial charge on any atom is -0.547 e. The van der Waals surface area contributed by atoms with Crippen LogP contribution < -0.4 is 104 Å². The monoisotopic (exact) mass is 612 g/mol. The molecule has 0 aromatic heterocycles. The van der Waals surface area contributed by atoms with Gasteiger partial charge in [-0.25, -0.2) is 0 Å². The van der Waals surface area contributed by atoms with E-state index in [1.165, 1.54) is 0 Å². The molecule has 0 radical (unpaired) electrons. The summed E-state index contributed by atoms with van der Waals surface area (Å²) in [6, 6.07) is 0. The van der Waals surface area contributed by atoms with Crippen molar-refractivity contribution in [1.29, 1.82) is 0 Å². The van der Waals surface area contributed by atoms with Crippen molar-refractivity contribution < 1.29 is 183 Å². The van der Waals surface area contributed by atoms with Gasteiger partial charge in [0.1, 0.15) is 73.2 Å². The average Bonchev–Trinajstić information content (AvgIpc) is 2.82. The van der Waals surface area contributed by atoms with E-state index in [9.17, 15) is 70.6 Å². The predicted octanol–water partition coefficient (Wildman–Crippen LogP) is -20.3. The average molecular weight is 612 g/mol. The van der Waals surface area contributed by atoms with Crippen LogP contribution in [0.15, 0.2) is 0 Å². The summed E-state index contributed by atoms with van der Waals surface area (Å²) in [6.45, 7) is 0. The smallest absolute Gasteiger partial charge is 0.547 e. The van der Waals surface area contributed by atoms with Crippen molar-refractivity contribution in [1.82, 2.24) is 0 Å². The molecule has 0 amide bonds. The Morgan fingerprint density at radius 1 is 0.475 bits per heavy atom. The zero-order valence-electron chi connectivity index (χ0n) is 21.2. The number of carboxylic acids is 3. The van der Waals surface area contributed by atoms with Crippen molar-refractivity contribution in [2.45, 2.75) is 92.1 Å². The molecule has 0 spiro atoms. The van der Waals surface area contributed by atoms with Crippen LogP contribution in [-0.2, 0) is 38.1 Å². The number of aliphatic hydroxyl groups excluding tert-OH is 8. The van der Waals surface area contributed by atoms with Gasteiger partial charge in [-0.15, -0.1) is 0 Å². The topological polar surface area (TPSA) is 328 Å². The molecule has 3 aliphatic heterocycles. The number of aliphatic carboxylic acids is 3. The van der Waals surface area contributed by atoms with Gasteiger partial charge in [0.25, 0.3) is 0 Å². The first-order chi connectivity index (χ1) is 17.2.